The Kier molecular flexibility index (Phi) is 3.40. The van der Waals surface area contributed by atoms with Gasteiger partial charge >= 0.3 is 0 Å². The number of nitrogens with one attached hydrogen (secondary N) is 1. The third-order valence-corrected chi connectivity index (χ3v) is 4.11. The molecule has 1 heterocycles. The summed E-state index contributed by atoms with van der Waals surface area (Å²) >= 11 is 7.61. The highest BCUT2D eigenvalue weighted by Gasteiger charge is 2.04. The Balaban J connectivity index is 1.78. The minimum absolute atomic E-state index is 0.725. The molecule has 0 radical (unpaired) electrons. The van der Waals surface area contributed by atoms with E-state index in [9.17, 15) is 0 Å². The topological polar surface area (TPSA) is 24.9 Å². The molecule has 4 heteroatoms. The molecule has 0 bridgehead atoms. The first kappa shape index (κ1) is 12.5. The van der Waals surface area contributed by atoms with Gasteiger partial charge in [-0.05, 0) is 30.7 Å². The number of hydrogen-bond acceptors (Lipinski definition) is 3. The summed E-state index contributed by atoms with van der Waals surface area (Å²) in [5.41, 5.74) is 3.48. The van der Waals surface area contributed by atoms with Crippen molar-refractivity contribution in [3.63, 3.8) is 0 Å². The number of halogens is 1. The van der Waals surface area contributed by atoms with E-state index < -0.39 is 0 Å². The fourth-order valence-electron chi connectivity index (χ4n) is 1.98. The third-order valence-electron chi connectivity index (χ3n) is 2.88. The molecule has 0 aliphatic heterocycles. The summed E-state index contributed by atoms with van der Waals surface area (Å²) in [6.07, 6.45) is 0. The van der Waals surface area contributed by atoms with Crippen LogP contribution in [0.5, 0.6) is 0 Å². The van der Waals surface area contributed by atoms with Gasteiger partial charge in [0.05, 0.1) is 10.2 Å². The second-order valence-corrected chi connectivity index (χ2v) is 5.94. The van der Waals surface area contributed by atoms with Crippen LogP contribution in [0.25, 0.3) is 10.2 Å². The average Bonchev–Trinajstić information content (AvgIpc) is 2.78. The summed E-state index contributed by atoms with van der Waals surface area (Å²) in [5, 5.41) is 5.02. The van der Waals surface area contributed by atoms with Crippen LogP contribution in [0.1, 0.15) is 11.1 Å². The Labute approximate surface area is 121 Å². The molecular weight excluding hydrogens is 276 g/mol. The first-order valence-electron chi connectivity index (χ1n) is 6.06. The van der Waals surface area contributed by atoms with Gasteiger partial charge in [-0.3, -0.25) is 0 Å². The number of anilines is 1. The number of nitrogens with zero attached hydrogens (tertiary/aromatic N) is 1. The first-order valence-corrected chi connectivity index (χ1v) is 7.26. The molecule has 0 fully saturated rings. The van der Waals surface area contributed by atoms with Gasteiger partial charge in [0.1, 0.15) is 0 Å². The van der Waals surface area contributed by atoms with E-state index in [1.807, 2.05) is 18.2 Å². The van der Waals surface area contributed by atoms with Crippen LogP contribution in [0.15, 0.2) is 42.5 Å². The fraction of sp³-hybridized carbons (Fsp3) is 0.133. The van der Waals surface area contributed by atoms with Gasteiger partial charge < -0.3 is 5.32 Å². The molecule has 0 unspecified atom stereocenters. The number of thiazole rings is 1. The Morgan fingerprint density at radius 2 is 2.11 bits per heavy atom. The van der Waals surface area contributed by atoms with E-state index in [0.29, 0.717) is 0 Å². The number of benzene rings is 2. The average molecular weight is 289 g/mol. The van der Waals surface area contributed by atoms with Crippen LogP contribution in [-0.4, -0.2) is 4.98 Å². The molecule has 0 saturated carbocycles. The van der Waals surface area contributed by atoms with Crippen molar-refractivity contribution in [2.45, 2.75) is 13.5 Å². The molecule has 3 rings (SSSR count). The van der Waals surface area contributed by atoms with Crippen molar-refractivity contribution >= 4 is 38.3 Å². The van der Waals surface area contributed by atoms with Crippen molar-refractivity contribution in [3.8, 4) is 0 Å². The van der Waals surface area contributed by atoms with Gasteiger partial charge in [0.2, 0.25) is 0 Å². The van der Waals surface area contributed by atoms with Crippen LogP contribution in [-0.2, 0) is 6.54 Å². The first-order chi connectivity index (χ1) is 9.20. The predicted molar refractivity (Wildman–Crippen MR) is 83.1 cm³/mol. The highest BCUT2D eigenvalue weighted by Crippen LogP contribution is 2.28. The molecule has 1 N–H and O–H groups in total. The molecule has 3 aromatic rings. The van der Waals surface area contributed by atoms with Gasteiger partial charge in [-0.15, -0.1) is 0 Å². The molecule has 1 aromatic heterocycles. The highest BCUT2D eigenvalue weighted by atomic mass is 35.5. The standard InChI is InChI=1S/C15H13ClN2S/c1-10-3-2-4-11(7-10)9-17-15-18-13-8-12(16)5-6-14(13)19-15/h2-8H,9H2,1H3,(H,17,18). The number of fused-ring (bicyclic) bond motifs is 1. The molecule has 0 aliphatic carbocycles. The summed E-state index contributed by atoms with van der Waals surface area (Å²) in [4.78, 5) is 4.53. The monoisotopic (exact) mass is 288 g/mol. The van der Waals surface area contributed by atoms with Crippen molar-refractivity contribution in [1.82, 2.24) is 4.98 Å². The lowest BCUT2D eigenvalue weighted by Crippen LogP contribution is -1.98. The van der Waals surface area contributed by atoms with Crippen molar-refractivity contribution in [1.29, 1.82) is 0 Å². The van der Waals surface area contributed by atoms with Gasteiger partial charge in [0.25, 0.3) is 0 Å². The largest absolute Gasteiger partial charge is 0.357 e. The molecule has 0 aliphatic rings. The maximum Gasteiger partial charge on any atom is 0.184 e. The summed E-state index contributed by atoms with van der Waals surface area (Å²) in [5.74, 6) is 0. The maximum atomic E-state index is 5.96. The molecule has 19 heavy (non-hydrogen) atoms. The van der Waals surface area contributed by atoms with Crippen LogP contribution in [0.4, 0.5) is 5.13 Å². The summed E-state index contributed by atoms with van der Waals surface area (Å²) in [6, 6.07) is 14.3. The van der Waals surface area contributed by atoms with E-state index in [0.717, 1.165) is 26.9 Å². The molecule has 2 nitrogen and oxygen atoms in total. The Morgan fingerprint density at radius 3 is 2.95 bits per heavy atom. The van der Waals surface area contributed by atoms with Gasteiger partial charge in [0, 0.05) is 11.6 Å². The molecule has 96 valence electrons. The minimum atomic E-state index is 0.725. The zero-order valence-electron chi connectivity index (χ0n) is 10.5. The quantitative estimate of drug-likeness (QED) is 0.744. The lowest BCUT2D eigenvalue weighted by atomic mass is 10.1. The Bertz CT molecular complexity index is 721. The van der Waals surface area contributed by atoms with Gasteiger partial charge in [-0.25, -0.2) is 4.98 Å². The fourth-order valence-corrected chi connectivity index (χ4v) is 2.98. The molecule has 2 aromatic carbocycles. The van der Waals surface area contributed by atoms with Crippen molar-refractivity contribution in [2.75, 3.05) is 5.32 Å². The summed E-state index contributed by atoms with van der Waals surface area (Å²) in [7, 11) is 0. The zero-order valence-corrected chi connectivity index (χ0v) is 12.1. The molecule has 0 saturated heterocycles. The van der Waals surface area contributed by atoms with Crippen LogP contribution in [0, 0.1) is 6.92 Å². The van der Waals surface area contributed by atoms with Crippen LogP contribution in [0.3, 0.4) is 0 Å². The SMILES string of the molecule is Cc1cccc(CNc2nc3cc(Cl)ccc3s2)c1. The van der Waals surface area contributed by atoms with E-state index in [4.69, 9.17) is 11.6 Å². The van der Waals surface area contributed by atoms with Crippen molar-refractivity contribution < 1.29 is 0 Å². The van der Waals surface area contributed by atoms with Gasteiger partial charge in [-0.1, -0.05) is 52.8 Å². The second kappa shape index (κ2) is 5.19. The summed E-state index contributed by atoms with van der Waals surface area (Å²) < 4.78 is 1.15. The number of aromatic nitrogens is 1. The molecule has 0 amide bonds. The van der Waals surface area contributed by atoms with Crippen molar-refractivity contribution in [3.05, 3.63) is 58.6 Å². The predicted octanol–water partition coefficient (Wildman–Crippen LogP) is 4.87. The summed E-state index contributed by atoms with van der Waals surface area (Å²) in [6.45, 7) is 2.89. The smallest absolute Gasteiger partial charge is 0.184 e. The number of aryl methyl sites for hydroxylation is 1. The van der Waals surface area contributed by atoms with E-state index in [1.165, 1.54) is 11.1 Å². The number of rotatable bonds is 3. The zero-order chi connectivity index (χ0) is 13.2. The van der Waals surface area contributed by atoms with E-state index in [2.05, 4.69) is 41.5 Å². The lowest BCUT2D eigenvalue weighted by molar-refractivity contribution is 1.13. The van der Waals surface area contributed by atoms with E-state index in [-0.39, 0.29) is 0 Å². The van der Waals surface area contributed by atoms with Crippen LogP contribution < -0.4 is 5.32 Å². The van der Waals surface area contributed by atoms with Crippen molar-refractivity contribution in [2.24, 2.45) is 0 Å². The highest BCUT2D eigenvalue weighted by molar-refractivity contribution is 7.22. The normalized spacial score (nSPS) is 10.8. The molecule has 0 spiro atoms. The minimum Gasteiger partial charge on any atom is -0.357 e. The second-order valence-electron chi connectivity index (χ2n) is 4.47. The number of hydrogen-bond donors (Lipinski definition) is 1. The molecule has 0 atom stereocenters. The molecular formula is C15H13ClN2S. The van der Waals surface area contributed by atoms with E-state index in [1.54, 1.807) is 11.3 Å². The third kappa shape index (κ3) is 2.88. The van der Waals surface area contributed by atoms with Crippen LogP contribution >= 0.6 is 22.9 Å². The van der Waals surface area contributed by atoms with Crippen LogP contribution in [0.2, 0.25) is 5.02 Å². The Hall–Kier alpha value is -1.58. The van der Waals surface area contributed by atoms with E-state index >= 15 is 0 Å². The maximum absolute atomic E-state index is 5.96. The lowest BCUT2D eigenvalue weighted by Gasteiger charge is -2.03. The van der Waals surface area contributed by atoms with Gasteiger partial charge in [0.15, 0.2) is 5.13 Å². The van der Waals surface area contributed by atoms with Gasteiger partial charge in [-0.2, -0.15) is 0 Å². The Morgan fingerprint density at radius 1 is 1.21 bits per heavy atom.